The van der Waals surface area contributed by atoms with Gasteiger partial charge in [-0.15, -0.1) is 11.3 Å². The Labute approximate surface area is 189 Å². The number of nitrogens with one attached hydrogen (secondary N) is 1. The van der Waals surface area contributed by atoms with Crippen molar-refractivity contribution in [1.29, 1.82) is 0 Å². The highest BCUT2D eigenvalue weighted by atomic mass is 32.1. The number of amides is 1. The van der Waals surface area contributed by atoms with Crippen LogP contribution >= 0.6 is 11.3 Å². The highest BCUT2D eigenvalue weighted by Crippen LogP contribution is 2.35. The molecule has 1 amide bonds. The fraction of sp³-hybridized carbons (Fsp3) is 0.136. The molecule has 33 heavy (non-hydrogen) atoms. The number of thiazole rings is 1. The molecule has 4 rings (SSSR count). The molecule has 2 heterocycles. The third-order valence-electron chi connectivity index (χ3n) is 4.82. The number of hydrogen-bond donors (Lipinski definition) is 1. The van der Waals surface area contributed by atoms with E-state index < -0.39 is 23.2 Å². The first-order valence-electron chi connectivity index (χ1n) is 9.43. The molecule has 0 saturated heterocycles. The van der Waals surface area contributed by atoms with E-state index in [2.05, 4.69) is 10.3 Å². The molecule has 0 fully saturated rings. The third kappa shape index (κ3) is 4.27. The molecule has 0 saturated carbocycles. The Kier molecular flexibility index (Phi) is 5.81. The fourth-order valence-electron chi connectivity index (χ4n) is 3.22. The number of carbonyl (C=O) groups is 1. The summed E-state index contributed by atoms with van der Waals surface area (Å²) < 4.78 is 50.8. The minimum atomic E-state index is -4.57. The van der Waals surface area contributed by atoms with Crippen molar-refractivity contribution in [2.24, 2.45) is 0 Å². The highest BCUT2D eigenvalue weighted by molar-refractivity contribution is 7.15. The van der Waals surface area contributed by atoms with Crippen LogP contribution in [0.3, 0.4) is 0 Å². The fourth-order valence-corrected chi connectivity index (χ4v) is 4.07. The van der Waals surface area contributed by atoms with Crippen LogP contribution in [0.5, 0.6) is 11.5 Å². The topological polar surface area (TPSA) is 81.9 Å². The Morgan fingerprint density at radius 1 is 1.12 bits per heavy atom. The molecule has 0 unspecified atom stereocenters. The lowest BCUT2D eigenvalue weighted by atomic mass is 10.1. The number of alkyl halides is 3. The van der Waals surface area contributed by atoms with Crippen molar-refractivity contribution in [3.63, 3.8) is 0 Å². The van der Waals surface area contributed by atoms with E-state index in [1.54, 1.807) is 23.6 Å². The van der Waals surface area contributed by atoms with Crippen LogP contribution in [0.25, 0.3) is 16.2 Å². The largest absolute Gasteiger partial charge is 0.497 e. The normalized spacial score (nSPS) is 11.4. The van der Waals surface area contributed by atoms with Gasteiger partial charge in [0.1, 0.15) is 17.1 Å². The van der Waals surface area contributed by atoms with E-state index in [9.17, 15) is 22.8 Å². The van der Waals surface area contributed by atoms with Gasteiger partial charge >= 0.3 is 6.18 Å². The van der Waals surface area contributed by atoms with Crippen LogP contribution in [-0.4, -0.2) is 29.5 Å². The van der Waals surface area contributed by atoms with Crippen LogP contribution in [0.15, 0.2) is 58.8 Å². The maximum atomic E-state index is 13.2. The zero-order valence-electron chi connectivity index (χ0n) is 17.3. The van der Waals surface area contributed by atoms with Gasteiger partial charge in [-0.25, -0.2) is 4.98 Å². The number of halogens is 3. The van der Waals surface area contributed by atoms with Gasteiger partial charge in [0.15, 0.2) is 4.96 Å². The first-order valence-corrected chi connectivity index (χ1v) is 10.3. The highest BCUT2D eigenvalue weighted by Gasteiger charge is 2.30. The molecule has 170 valence electrons. The Hall–Kier alpha value is -3.86. The Balaban J connectivity index is 1.77. The average Bonchev–Trinajstić information content (AvgIpc) is 3.23. The summed E-state index contributed by atoms with van der Waals surface area (Å²) in [5.74, 6) is 0.127. The van der Waals surface area contributed by atoms with Gasteiger partial charge in [0.25, 0.3) is 11.5 Å². The van der Waals surface area contributed by atoms with Gasteiger partial charge in [0.05, 0.1) is 25.5 Å². The van der Waals surface area contributed by atoms with Gasteiger partial charge in [0.2, 0.25) is 0 Å². The first kappa shape index (κ1) is 22.3. The molecule has 2 aromatic carbocycles. The van der Waals surface area contributed by atoms with Crippen molar-refractivity contribution in [2.45, 2.75) is 6.18 Å². The molecule has 7 nitrogen and oxygen atoms in total. The minimum absolute atomic E-state index is 0.0978. The Bertz CT molecular complexity index is 1410. The van der Waals surface area contributed by atoms with Crippen molar-refractivity contribution in [2.75, 3.05) is 19.5 Å². The number of carbonyl (C=O) groups excluding carboxylic acids is 1. The molecule has 1 N–H and O–H groups in total. The van der Waals surface area contributed by atoms with E-state index in [0.717, 1.165) is 18.3 Å². The second kappa shape index (κ2) is 8.58. The lowest BCUT2D eigenvalue weighted by Crippen LogP contribution is -2.26. The number of rotatable bonds is 5. The van der Waals surface area contributed by atoms with Crippen LogP contribution in [0.4, 0.5) is 18.9 Å². The van der Waals surface area contributed by atoms with Crippen LogP contribution in [0.1, 0.15) is 15.9 Å². The third-order valence-corrected chi connectivity index (χ3v) is 5.66. The number of benzene rings is 2. The van der Waals surface area contributed by atoms with Crippen LogP contribution in [-0.2, 0) is 6.18 Å². The predicted molar refractivity (Wildman–Crippen MR) is 117 cm³/mol. The molecular formula is C22H16F3N3O4S. The summed E-state index contributed by atoms with van der Waals surface area (Å²) in [4.78, 5) is 30.5. The molecule has 2 aromatic heterocycles. The standard InChI is InChI=1S/C22H16F3N3O4S/c1-31-14-6-7-18(32-2)15(9-14)17-11-33-21-26-10-16(20(30)28(17)21)19(29)27-13-5-3-4-12(8-13)22(23,24)25/h3-11H,1-2H3,(H,27,29). The number of anilines is 1. The summed E-state index contributed by atoms with van der Waals surface area (Å²) in [6.45, 7) is 0. The predicted octanol–water partition coefficient (Wildman–Crippen LogP) is 4.71. The maximum absolute atomic E-state index is 13.2. The lowest BCUT2D eigenvalue weighted by Gasteiger charge is -2.11. The van der Waals surface area contributed by atoms with Gasteiger partial charge in [-0.2, -0.15) is 13.2 Å². The summed E-state index contributed by atoms with van der Waals surface area (Å²) in [5, 5.41) is 4.02. The SMILES string of the molecule is COc1ccc(OC)c(-c2csc3ncc(C(=O)Nc4cccc(C(F)(F)F)c4)c(=O)n23)c1. The summed E-state index contributed by atoms with van der Waals surface area (Å²) in [5.41, 5.74) is -1.05. The van der Waals surface area contributed by atoms with Crippen LogP contribution in [0.2, 0.25) is 0 Å². The zero-order chi connectivity index (χ0) is 23.8. The zero-order valence-corrected chi connectivity index (χ0v) is 18.1. The number of hydrogen-bond acceptors (Lipinski definition) is 6. The maximum Gasteiger partial charge on any atom is 0.416 e. The number of fused-ring (bicyclic) bond motifs is 1. The summed E-state index contributed by atoms with van der Waals surface area (Å²) in [7, 11) is 2.98. The van der Waals surface area contributed by atoms with Crippen molar-refractivity contribution in [1.82, 2.24) is 9.38 Å². The number of ether oxygens (including phenoxy) is 2. The number of methoxy groups -OCH3 is 2. The second-order valence-electron chi connectivity index (χ2n) is 6.81. The summed E-state index contributed by atoms with van der Waals surface area (Å²) >= 11 is 1.18. The molecule has 0 spiro atoms. The number of nitrogens with zero attached hydrogens (tertiary/aromatic N) is 2. The molecule has 0 atom stereocenters. The van der Waals surface area contributed by atoms with Crippen LogP contribution in [0, 0.1) is 0 Å². The van der Waals surface area contributed by atoms with E-state index in [-0.39, 0.29) is 11.3 Å². The average molecular weight is 475 g/mol. The molecule has 0 aliphatic carbocycles. The van der Waals surface area contributed by atoms with Gasteiger partial charge in [-0.05, 0) is 36.4 Å². The smallest absolute Gasteiger partial charge is 0.416 e. The van der Waals surface area contributed by atoms with E-state index in [4.69, 9.17) is 9.47 Å². The molecule has 4 aromatic rings. The molecule has 0 aliphatic heterocycles. The molecule has 0 radical (unpaired) electrons. The van der Waals surface area contributed by atoms with E-state index in [0.29, 0.717) is 27.7 Å². The van der Waals surface area contributed by atoms with E-state index >= 15 is 0 Å². The Morgan fingerprint density at radius 2 is 1.91 bits per heavy atom. The summed E-state index contributed by atoms with van der Waals surface area (Å²) in [6.07, 6.45) is -3.47. The van der Waals surface area contributed by atoms with Crippen molar-refractivity contribution >= 4 is 27.9 Å². The van der Waals surface area contributed by atoms with Crippen molar-refractivity contribution < 1.29 is 27.4 Å². The quantitative estimate of drug-likeness (QED) is 0.452. The number of aromatic nitrogens is 2. The lowest BCUT2D eigenvalue weighted by molar-refractivity contribution is -0.137. The van der Waals surface area contributed by atoms with E-state index in [1.807, 2.05) is 0 Å². The van der Waals surface area contributed by atoms with Gasteiger partial charge < -0.3 is 14.8 Å². The van der Waals surface area contributed by atoms with Gasteiger partial charge in [0, 0.05) is 22.8 Å². The van der Waals surface area contributed by atoms with Crippen LogP contribution < -0.4 is 20.3 Å². The molecule has 0 aliphatic rings. The second-order valence-corrected chi connectivity index (χ2v) is 7.65. The van der Waals surface area contributed by atoms with Gasteiger partial charge in [-0.1, -0.05) is 6.07 Å². The molecular weight excluding hydrogens is 459 g/mol. The van der Waals surface area contributed by atoms with E-state index in [1.165, 1.54) is 42.1 Å². The van der Waals surface area contributed by atoms with Gasteiger partial charge in [-0.3, -0.25) is 14.0 Å². The van der Waals surface area contributed by atoms with Crippen molar-refractivity contribution in [3.8, 4) is 22.8 Å². The summed E-state index contributed by atoms with van der Waals surface area (Å²) in [6, 6.07) is 9.21. The molecule has 0 bridgehead atoms. The van der Waals surface area contributed by atoms with Crippen molar-refractivity contribution in [3.05, 3.63) is 75.5 Å². The molecule has 11 heteroatoms. The first-order chi connectivity index (χ1) is 15.7. The Morgan fingerprint density at radius 3 is 2.61 bits per heavy atom. The monoisotopic (exact) mass is 475 g/mol. The minimum Gasteiger partial charge on any atom is -0.497 e.